The van der Waals surface area contributed by atoms with Gasteiger partial charge in [-0.05, 0) is 43.9 Å². The maximum absolute atomic E-state index is 12.6. The van der Waals surface area contributed by atoms with E-state index in [1.165, 1.54) is 31.9 Å². The third-order valence-corrected chi connectivity index (χ3v) is 7.07. The van der Waals surface area contributed by atoms with Gasteiger partial charge >= 0.3 is 5.97 Å². The highest BCUT2D eigenvalue weighted by atomic mass is 16.5. The molecule has 192 valence electrons. The molecular formula is C28H36N4O4. The van der Waals surface area contributed by atoms with Gasteiger partial charge < -0.3 is 14.2 Å². The van der Waals surface area contributed by atoms with Crippen molar-refractivity contribution in [1.29, 1.82) is 0 Å². The number of hydrogen-bond donors (Lipinski definition) is 0. The normalized spacial score (nSPS) is 17.6. The summed E-state index contributed by atoms with van der Waals surface area (Å²) in [6.07, 6.45) is 5.64. The van der Waals surface area contributed by atoms with Crippen molar-refractivity contribution in [3.8, 4) is 17.0 Å². The maximum Gasteiger partial charge on any atom is 0.356 e. The Morgan fingerprint density at radius 1 is 1.11 bits per heavy atom. The number of rotatable bonds is 7. The van der Waals surface area contributed by atoms with Gasteiger partial charge in [-0.2, -0.15) is 0 Å². The summed E-state index contributed by atoms with van der Waals surface area (Å²) in [5.74, 6) is 0.117. The molecule has 36 heavy (non-hydrogen) atoms. The zero-order valence-corrected chi connectivity index (χ0v) is 21.5. The number of ether oxygens (including phenoxy) is 3. The summed E-state index contributed by atoms with van der Waals surface area (Å²) in [4.78, 5) is 19.8. The molecule has 0 spiro atoms. The Balaban J connectivity index is 1.60. The Labute approximate surface area is 212 Å². The van der Waals surface area contributed by atoms with E-state index in [-0.39, 0.29) is 17.8 Å². The fraction of sp³-hybridized carbons (Fsp3) is 0.536. The van der Waals surface area contributed by atoms with Crippen molar-refractivity contribution in [3.63, 3.8) is 0 Å². The lowest BCUT2D eigenvalue weighted by atomic mass is 9.95. The monoisotopic (exact) mass is 492 g/mol. The number of aromatic nitrogens is 3. The number of carbonyl (C=O) groups excluding carboxylic acids is 1. The van der Waals surface area contributed by atoms with Gasteiger partial charge in [-0.25, -0.2) is 14.5 Å². The van der Waals surface area contributed by atoms with Crippen molar-refractivity contribution in [1.82, 2.24) is 19.7 Å². The lowest BCUT2D eigenvalue weighted by Gasteiger charge is -2.26. The van der Waals surface area contributed by atoms with E-state index < -0.39 is 5.97 Å². The first-order chi connectivity index (χ1) is 17.5. The number of esters is 1. The van der Waals surface area contributed by atoms with Gasteiger partial charge in [0.1, 0.15) is 0 Å². The van der Waals surface area contributed by atoms with E-state index in [0.717, 1.165) is 62.2 Å². The average molecular weight is 493 g/mol. The minimum Gasteiger partial charge on any atom is -0.473 e. The van der Waals surface area contributed by atoms with Crippen molar-refractivity contribution < 1.29 is 19.0 Å². The number of benzene rings is 1. The van der Waals surface area contributed by atoms with Gasteiger partial charge in [-0.15, -0.1) is 5.10 Å². The number of fused-ring (bicyclic) bond motifs is 1. The summed E-state index contributed by atoms with van der Waals surface area (Å²) in [7, 11) is 1.39. The van der Waals surface area contributed by atoms with Crippen molar-refractivity contribution >= 4 is 17.0 Å². The van der Waals surface area contributed by atoms with Crippen LogP contribution in [-0.4, -0.2) is 65.2 Å². The highest BCUT2D eigenvalue weighted by Gasteiger charge is 2.27. The van der Waals surface area contributed by atoms with Gasteiger partial charge in [0, 0.05) is 25.2 Å². The minimum absolute atomic E-state index is 0.0352. The van der Waals surface area contributed by atoms with Gasteiger partial charge in [-0.3, -0.25) is 4.90 Å². The number of morpholine rings is 1. The molecule has 1 saturated heterocycles. The summed E-state index contributed by atoms with van der Waals surface area (Å²) in [5, 5.41) is 5.77. The maximum atomic E-state index is 12.6. The number of carbonyl (C=O) groups is 1. The molecule has 2 aliphatic rings. The Kier molecular flexibility index (Phi) is 7.53. The summed E-state index contributed by atoms with van der Waals surface area (Å²) in [5.41, 5.74) is 4.10. The fourth-order valence-electron chi connectivity index (χ4n) is 5.23. The van der Waals surface area contributed by atoms with E-state index in [0.29, 0.717) is 11.5 Å². The first kappa shape index (κ1) is 24.7. The first-order valence-corrected chi connectivity index (χ1v) is 13.1. The zero-order valence-electron chi connectivity index (χ0n) is 21.5. The van der Waals surface area contributed by atoms with Crippen LogP contribution < -0.4 is 4.74 Å². The van der Waals surface area contributed by atoms with Gasteiger partial charge in [0.05, 0.1) is 37.9 Å². The zero-order chi connectivity index (χ0) is 25.1. The number of pyridine rings is 1. The molecule has 3 heterocycles. The van der Waals surface area contributed by atoms with Gasteiger partial charge in [-0.1, -0.05) is 43.5 Å². The first-order valence-electron chi connectivity index (χ1n) is 13.1. The van der Waals surface area contributed by atoms with Crippen LogP contribution in [0, 0.1) is 0 Å². The van der Waals surface area contributed by atoms with Crippen molar-refractivity contribution in [2.75, 3.05) is 33.4 Å². The molecule has 0 radical (unpaired) electrons. The molecule has 1 saturated carbocycles. The summed E-state index contributed by atoms with van der Waals surface area (Å²) < 4.78 is 18.7. The van der Waals surface area contributed by atoms with Gasteiger partial charge in [0.2, 0.25) is 5.88 Å². The second kappa shape index (κ2) is 11.0. The largest absolute Gasteiger partial charge is 0.473 e. The van der Waals surface area contributed by atoms with E-state index in [2.05, 4.69) is 29.2 Å². The van der Waals surface area contributed by atoms with Crippen LogP contribution in [0.4, 0.5) is 0 Å². The highest BCUT2D eigenvalue weighted by molar-refractivity contribution is 6.01. The third-order valence-electron chi connectivity index (χ3n) is 7.07. The van der Waals surface area contributed by atoms with Gasteiger partial charge in [0.15, 0.2) is 11.3 Å². The summed E-state index contributed by atoms with van der Waals surface area (Å²) in [6.45, 7) is 8.37. The quantitative estimate of drug-likeness (QED) is 0.429. The second-order valence-corrected chi connectivity index (χ2v) is 10.0. The Morgan fingerprint density at radius 3 is 2.50 bits per heavy atom. The Hall–Kier alpha value is -2.97. The van der Waals surface area contributed by atoms with Crippen molar-refractivity contribution in [3.05, 3.63) is 41.6 Å². The third kappa shape index (κ3) is 5.25. The molecule has 1 aliphatic heterocycles. The molecule has 0 bridgehead atoms. The molecule has 0 N–H and O–H groups in total. The molecule has 2 fully saturated rings. The fourth-order valence-corrected chi connectivity index (χ4v) is 5.23. The van der Waals surface area contributed by atoms with Crippen LogP contribution in [-0.2, 0) is 16.0 Å². The van der Waals surface area contributed by atoms with Crippen LogP contribution in [0.5, 0.6) is 5.88 Å². The van der Waals surface area contributed by atoms with Gasteiger partial charge in [0.25, 0.3) is 0 Å². The second-order valence-electron chi connectivity index (χ2n) is 10.0. The van der Waals surface area contributed by atoms with E-state index >= 15 is 0 Å². The van der Waals surface area contributed by atoms with Crippen LogP contribution >= 0.6 is 0 Å². The summed E-state index contributed by atoms with van der Waals surface area (Å²) >= 11 is 0. The smallest absolute Gasteiger partial charge is 0.356 e. The molecule has 8 heteroatoms. The molecule has 0 unspecified atom stereocenters. The van der Waals surface area contributed by atoms with E-state index in [9.17, 15) is 4.79 Å². The van der Waals surface area contributed by atoms with Crippen molar-refractivity contribution in [2.45, 2.75) is 64.6 Å². The topological polar surface area (TPSA) is 78.7 Å². The van der Waals surface area contributed by atoms with Crippen LogP contribution in [0.1, 0.15) is 68.0 Å². The molecule has 2 aromatic heterocycles. The Bertz CT molecular complexity index is 1190. The Morgan fingerprint density at radius 2 is 1.83 bits per heavy atom. The van der Waals surface area contributed by atoms with Crippen LogP contribution in [0.2, 0.25) is 0 Å². The molecule has 0 amide bonds. The molecule has 1 aromatic carbocycles. The predicted molar refractivity (Wildman–Crippen MR) is 138 cm³/mol. The lowest BCUT2D eigenvalue weighted by Crippen LogP contribution is -2.35. The molecule has 0 atom stereocenters. The SMILES string of the molecule is COC(=O)c1cc(-c2ccc(CN3CCOCC3)cc2)c2c(OC(C)C)nn(C3CCCCC3)c2n1. The average Bonchev–Trinajstić information content (AvgIpc) is 3.27. The molecular weight excluding hydrogens is 456 g/mol. The van der Waals surface area contributed by atoms with E-state index in [1.807, 2.05) is 24.6 Å². The highest BCUT2D eigenvalue weighted by Crippen LogP contribution is 2.39. The van der Waals surface area contributed by atoms with E-state index in [4.69, 9.17) is 24.3 Å². The predicted octanol–water partition coefficient (Wildman–Crippen LogP) is 5.01. The molecule has 1 aliphatic carbocycles. The lowest BCUT2D eigenvalue weighted by molar-refractivity contribution is 0.0342. The number of nitrogens with zero attached hydrogens (tertiary/aromatic N) is 4. The van der Waals surface area contributed by atoms with Crippen LogP contribution in [0.3, 0.4) is 0 Å². The van der Waals surface area contributed by atoms with Crippen molar-refractivity contribution in [2.24, 2.45) is 0 Å². The number of methoxy groups -OCH3 is 1. The van der Waals surface area contributed by atoms with E-state index in [1.54, 1.807) is 0 Å². The van der Waals surface area contributed by atoms with Crippen LogP contribution in [0.25, 0.3) is 22.2 Å². The molecule has 8 nitrogen and oxygen atoms in total. The summed E-state index contributed by atoms with van der Waals surface area (Å²) in [6, 6.07) is 10.6. The molecule has 5 rings (SSSR count). The minimum atomic E-state index is -0.454. The van der Waals surface area contributed by atoms with Crippen LogP contribution in [0.15, 0.2) is 30.3 Å². The molecule has 3 aromatic rings. The standard InChI is InChI=1S/C28H36N4O4/c1-19(2)36-27-25-23(21-11-9-20(10-12-21)18-31-13-15-35-16-14-31)17-24(28(33)34-3)29-26(25)32(30-27)22-7-5-4-6-8-22/h9-12,17,19,22H,4-8,13-16,18H2,1-3H3. The number of hydrogen-bond acceptors (Lipinski definition) is 7.